The number of aromatic nitrogens is 2. The average molecular weight is 349 g/mol. The summed E-state index contributed by atoms with van der Waals surface area (Å²) >= 11 is 3.92. The molecule has 2 rings (SSSR count). The van der Waals surface area contributed by atoms with Crippen LogP contribution in [0.25, 0.3) is 10.2 Å². The summed E-state index contributed by atoms with van der Waals surface area (Å²) < 4.78 is 1.19. The number of nitrogens with zero attached hydrogens (tertiary/aromatic N) is 2. The van der Waals surface area contributed by atoms with E-state index in [1.54, 1.807) is 17.7 Å². The van der Waals surface area contributed by atoms with Crippen molar-refractivity contribution in [2.24, 2.45) is 0 Å². The molecule has 0 unspecified atom stereocenters. The Morgan fingerprint density at radius 2 is 2.38 bits per heavy atom. The highest BCUT2D eigenvalue weighted by atomic mass is 127. The van der Waals surface area contributed by atoms with Gasteiger partial charge in [0.2, 0.25) is 0 Å². The predicted molar refractivity (Wildman–Crippen MR) is 74.9 cm³/mol. The van der Waals surface area contributed by atoms with E-state index in [1.807, 2.05) is 6.92 Å². The molecule has 0 saturated heterocycles. The first-order valence-electron chi connectivity index (χ1n) is 5.02. The molecule has 1 atom stereocenters. The van der Waals surface area contributed by atoms with Gasteiger partial charge < -0.3 is 10.4 Å². The highest BCUT2D eigenvalue weighted by molar-refractivity contribution is 14.1. The quantitative estimate of drug-likeness (QED) is 0.833. The van der Waals surface area contributed by atoms with Crippen molar-refractivity contribution in [2.45, 2.75) is 19.4 Å². The van der Waals surface area contributed by atoms with Gasteiger partial charge in [-0.15, -0.1) is 11.3 Å². The van der Waals surface area contributed by atoms with Gasteiger partial charge in [0.1, 0.15) is 17.0 Å². The second-order valence-corrected chi connectivity index (χ2v) is 6.35. The zero-order chi connectivity index (χ0) is 11.5. The van der Waals surface area contributed by atoms with Crippen LogP contribution < -0.4 is 5.32 Å². The summed E-state index contributed by atoms with van der Waals surface area (Å²) in [5.74, 6) is 0.810. The third-order valence-corrected chi connectivity index (χ3v) is 4.16. The van der Waals surface area contributed by atoms with E-state index >= 15 is 0 Å². The molecule has 86 valence electrons. The third kappa shape index (κ3) is 2.44. The Kier molecular flexibility index (Phi) is 3.93. The molecule has 16 heavy (non-hydrogen) atoms. The van der Waals surface area contributed by atoms with E-state index < -0.39 is 0 Å². The first kappa shape index (κ1) is 12.0. The molecule has 0 saturated carbocycles. The molecule has 0 aromatic carbocycles. The van der Waals surface area contributed by atoms with Crippen LogP contribution >= 0.6 is 33.9 Å². The number of thiophene rings is 1. The van der Waals surface area contributed by atoms with Crippen molar-refractivity contribution in [3.8, 4) is 0 Å². The van der Waals surface area contributed by atoms with Crippen LogP contribution in [0.4, 0.5) is 5.82 Å². The summed E-state index contributed by atoms with van der Waals surface area (Å²) in [7, 11) is 0. The number of fused-ring (bicyclic) bond motifs is 1. The highest BCUT2D eigenvalue weighted by Crippen LogP contribution is 2.29. The zero-order valence-electron chi connectivity index (χ0n) is 8.77. The van der Waals surface area contributed by atoms with E-state index in [9.17, 15) is 0 Å². The van der Waals surface area contributed by atoms with E-state index in [0.717, 1.165) is 22.5 Å². The molecule has 0 aliphatic carbocycles. The standard InChI is InChI=1S/C10H12IN3OS/c1-2-6(4-15)14-9-7-3-8(11)16-10(7)13-5-12-9/h3,5-6,15H,2,4H2,1H3,(H,12,13,14)/t6-/m1/s1. The van der Waals surface area contributed by atoms with E-state index in [-0.39, 0.29) is 12.6 Å². The van der Waals surface area contributed by atoms with Crippen LogP contribution in [0.2, 0.25) is 0 Å². The van der Waals surface area contributed by atoms with E-state index in [2.05, 4.69) is 43.9 Å². The van der Waals surface area contributed by atoms with Crippen LogP contribution in [0.1, 0.15) is 13.3 Å². The summed E-state index contributed by atoms with van der Waals surface area (Å²) in [5, 5.41) is 13.4. The lowest BCUT2D eigenvalue weighted by atomic mass is 10.2. The van der Waals surface area contributed by atoms with Crippen LogP contribution in [-0.4, -0.2) is 27.7 Å². The maximum atomic E-state index is 9.16. The topological polar surface area (TPSA) is 58.0 Å². The van der Waals surface area contributed by atoms with Gasteiger partial charge in [-0.1, -0.05) is 6.92 Å². The SMILES string of the molecule is CC[C@H](CO)Nc1ncnc2sc(I)cc12. The molecule has 2 aromatic rings. The Morgan fingerprint density at radius 1 is 1.56 bits per heavy atom. The fourth-order valence-corrected chi connectivity index (χ4v) is 3.08. The summed E-state index contributed by atoms with van der Waals surface area (Å²) in [6.07, 6.45) is 2.42. The fraction of sp³-hybridized carbons (Fsp3) is 0.400. The number of nitrogens with one attached hydrogen (secondary N) is 1. The Bertz CT molecular complexity index is 484. The van der Waals surface area contributed by atoms with Crippen LogP contribution in [0.5, 0.6) is 0 Å². The van der Waals surface area contributed by atoms with Crippen molar-refractivity contribution in [3.05, 3.63) is 15.3 Å². The lowest BCUT2D eigenvalue weighted by Gasteiger charge is -2.14. The van der Waals surface area contributed by atoms with Gasteiger partial charge in [0.15, 0.2) is 0 Å². The molecule has 4 nitrogen and oxygen atoms in total. The van der Waals surface area contributed by atoms with E-state index in [1.165, 1.54) is 2.88 Å². The minimum atomic E-state index is 0.0515. The average Bonchev–Trinajstić information content (AvgIpc) is 2.67. The molecule has 2 N–H and O–H groups in total. The lowest BCUT2D eigenvalue weighted by molar-refractivity contribution is 0.271. The van der Waals surface area contributed by atoms with Crippen molar-refractivity contribution in [2.75, 3.05) is 11.9 Å². The van der Waals surface area contributed by atoms with Crippen molar-refractivity contribution in [1.82, 2.24) is 9.97 Å². The van der Waals surface area contributed by atoms with Crippen LogP contribution in [-0.2, 0) is 0 Å². The molecule has 2 aromatic heterocycles. The first-order valence-corrected chi connectivity index (χ1v) is 6.91. The maximum Gasteiger partial charge on any atom is 0.138 e. The van der Waals surface area contributed by atoms with Gasteiger partial charge >= 0.3 is 0 Å². The smallest absolute Gasteiger partial charge is 0.138 e. The first-order chi connectivity index (χ1) is 7.74. The number of hydrogen-bond donors (Lipinski definition) is 2. The van der Waals surface area contributed by atoms with Gasteiger partial charge in [-0.05, 0) is 35.1 Å². The predicted octanol–water partition coefficient (Wildman–Crippen LogP) is 2.48. The van der Waals surface area contributed by atoms with Gasteiger partial charge in [-0.2, -0.15) is 0 Å². The van der Waals surface area contributed by atoms with Crippen LogP contribution in [0.3, 0.4) is 0 Å². The molecule has 6 heteroatoms. The molecule has 0 bridgehead atoms. The summed E-state index contributed by atoms with van der Waals surface area (Å²) in [5.41, 5.74) is 0. The minimum Gasteiger partial charge on any atom is -0.394 e. The number of aliphatic hydroxyl groups excluding tert-OH is 1. The number of aliphatic hydroxyl groups is 1. The molecule has 0 aliphatic rings. The molecule has 0 spiro atoms. The lowest BCUT2D eigenvalue weighted by Crippen LogP contribution is -2.23. The molecular formula is C10H12IN3OS. The van der Waals surface area contributed by atoms with Gasteiger partial charge in [0, 0.05) is 0 Å². The fourth-order valence-electron chi connectivity index (χ4n) is 1.41. The Balaban J connectivity index is 2.36. The van der Waals surface area contributed by atoms with Gasteiger partial charge in [-0.25, -0.2) is 9.97 Å². The molecule has 2 heterocycles. The highest BCUT2D eigenvalue weighted by Gasteiger charge is 2.10. The monoisotopic (exact) mass is 349 g/mol. The second-order valence-electron chi connectivity index (χ2n) is 3.42. The van der Waals surface area contributed by atoms with Crippen LogP contribution in [0, 0.1) is 2.88 Å². The van der Waals surface area contributed by atoms with Gasteiger partial charge in [0.25, 0.3) is 0 Å². The second kappa shape index (κ2) is 5.24. The third-order valence-electron chi connectivity index (χ3n) is 2.35. The maximum absolute atomic E-state index is 9.16. The molecule has 0 fully saturated rings. The summed E-state index contributed by atoms with van der Waals surface area (Å²) in [6, 6.07) is 2.11. The van der Waals surface area contributed by atoms with Crippen molar-refractivity contribution in [1.29, 1.82) is 0 Å². The summed E-state index contributed by atoms with van der Waals surface area (Å²) in [4.78, 5) is 9.43. The Morgan fingerprint density at radius 3 is 3.06 bits per heavy atom. The molecular weight excluding hydrogens is 337 g/mol. The van der Waals surface area contributed by atoms with Crippen molar-refractivity contribution in [3.63, 3.8) is 0 Å². The van der Waals surface area contributed by atoms with Gasteiger partial charge in [-0.3, -0.25) is 0 Å². The number of rotatable bonds is 4. The van der Waals surface area contributed by atoms with Crippen LogP contribution in [0.15, 0.2) is 12.4 Å². The molecule has 0 aliphatic heterocycles. The molecule has 0 radical (unpaired) electrons. The van der Waals surface area contributed by atoms with E-state index in [4.69, 9.17) is 5.11 Å². The normalized spacial score (nSPS) is 12.9. The zero-order valence-corrected chi connectivity index (χ0v) is 11.7. The molecule has 0 amide bonds. The van der Waals surface area contributed by atoms with Gasteiger partial charge in [0.05, 0.1) is 20.9 Å². The largest absolute Gasteiger partial charge is 0.394 e. The summed E-state index contributed by atoms with van der Waals surface area (Å²) in [6.45, 7) is 2.15. The number of halogens is 1. The Labute approximate surface area is 111 Å². The number of anilines is 1. The van der Waals surface area contributed by atoms with Crippen molar-refractivity contribution < 1.29 is 5.11 Å². The van der Waals surface area contributed by atoms with Crippen molar-refractivity contribution >= 4 is 50.0 Å². The number of hydrogen-bond acceptors (Lipinski definition) is 5. The van der Waals surface area contributed by atoms with E-state index in [0.29, 0.717) is 0 Å². The minimum absolute atomic E-state index is 0.0515. The Hall–Kier alpha value is -0.470.